The van der Waals surface area contributed by atoms with E-state index >= 15 is 0 Å². The summed E-state index contributed by atoms with van der Waals surface area (Å²) in [6.45, 7) is 5.18. The number of hydrogen-bond donors (Lipinski definition) is 1. The first kappa shape index (κ1) is 13.4. The molecule has 0 fully saturated rings. The van der Waals surface area contributed by atoms with Gasteiger partial charge in [-0.2, -0.15) is 5.10 Å². The molecule has 0 aromatic carbocycles. The Morgan fingerprint density at radius 1 is 1.29 bits per heavy atom. The average Bonchev–Trinajstić information content (AvgIpc) is 2.85. The number of aromatic nitrogens is 4. The van der Waals surface area contributed by atoms with Crippen molar-refractivity contribution >= 4 is 11.3 Å². The lowest BCUT2D eigenvalue weighted by Crippen LogP contribution is -2.17. The van der Waals surface area contributed by atoms with Crippen LogP contribution in [0.2, 0.25) is 0 Å². The number of rotatable bonds is 4. The predicted octanol–water partition coefficient (Wildman–Crippen LogP) is 1.83. The Morgan fingerprint density at radius 2 is 2.14 bits per heavy atom. The van der Waals surface area contributed by atoms with Crippen molar-refractivity contribution in [1.29, 1.82) is 0 Å². The van der Waals surface area contributed by atoms with Gasteiger partial charge in [0.25, 0.3) is 5.56 Å². The van der Waals surface area contributed by atoms with Crippen LogP contribution in [0.15, 0.2) is 41.6 Å². The zero-order valence-corrected chi connectivity index (χ0v) is 12.1. The number of aryl methyl sites for hydroxylation is 2. The standard InChI is InChI=1S/C15H17N5O/c1-3-19-10-13(4-5-15(19)21)16-7-12-8-17-14-6-11(2)18-20(14)9-12/h4-6,8-10,16H,3,7H2,1-2H3. The maximum absolute atomic E-state index is 11.5. The van der Waals surface area contributed by atoms with Crippen LogP contribution < -0.4 is 10.9 Å². The zero-order chi connectivity index (χ0) is 14.8. The topological polar surface area (TPSA) is 64.2 Å². The molecule has 21 heavy (non-hydrogen) atoms. The molecular weight excluding hydrogens is 266 g/mol. The van der Waals surface area contributed by atoms with E-state index in [0.29, 0.717) is 13.1 Å². The lowest BCUT2D eigenvalue weighted by Gasteiger charge is -2.09. The molecule has 0 amide bonds. The molecule has 6 heteroatoms. The van der Waals surface area contributed by atoms with Crippen LogP contribution in [0, 0.1) is 6.92 Å². The second kappa shape index (κ2) is 5.40. The molecule has 0 aliphatic heterocycles. The highest BCUT2D eigenvalue weighted by Crippen LogP contribution is 2.08. The van der Waals surface area contributed by atoms with Gasteiger partial charge in [0.2, 0.25) is 0 Å². The molecule has 3 heterocycles. The predicted molar refractivity (Wildman–Crippen MR) is 81.4 cm³/mol. The fourth-order valence-electron chi connectivity index (χ4n) is 2.21. The van der Waals surface area contributed by atoms with Gasteiger partial charge >= 0.3 is 0 Å². The number of nitrogens with zero attached hydrogens (tertiary/aromatic N) is 4. The first-order valence-electron chi connectivity index (χ1n) is 6.91. The van der Waals surface area contributed by atoms with Crippen LogP contribution in [0.1, 0.15) is 18.2 Å². The quantitative estimate of drug-likeness (QED) is 0.793. The molecule has 108 valence electrons. The van der Waals surface area contributed by atoms with Gasteiger partial charge in [-0.25, -0.2) is 9.50 Å². The van der Waals surface area contributed by atoms with Crippen LogP contribution >= 0.6 is 0 Å². The Morgan fingerprint density at radius 3 is 2.95 bits per heavy atom. The Kier molecular flexibility index (Phi) is 3.43. The molecule has 0 bridgehead atoms. The minimum absolute atomic E-state index is 0.0122. The van der Waals surface area contributed by atoms with Crippen molar-refractivity contribution in [3.05, 3.63) is 58.4 Å². The van der Waals surface area contributed by atoms with Gasteiger partial charge in [-0.1, -0.05) is 0 Å². The van der Waals surface area contributed by atoms with E-state index in [1.54, 1.807) is 21.2 Å². The third-order valence-electron chi connectivity index (χ3n) is 3.31. The molecule has 6 nitrogen and oxygen atoms in total. The van der Waals surface area contributed by atoms with Crippen molar-refractivity contribution < 1.29 is 0 Å². The molecule has 0 spiro atoms. The van der Waals surface area contributed by atoms with Crippen molar-refractivity contribution in [2.45, 2.75) is 26.9 Å². The molecule has 0 unspecified atom stereocenters. The van der Waals surface area contributed by atoms with Gasteiger partial charge in [-0.15, -0.1) is 0 Å². The van der Waals surface area contributed by atoms with Gasteiger partial charge in [0.05, 0.1) is 11.4 Å². The van der Waals surface area contributed by atoms with E-state index < -0.39 is 0 Å². The SMILES string of the molecule is CCn1cc(NCc2cnc3cc(C)nn3c2)ccc1=O. The maximum atomic E-state index is 11.5. The monoisotopic (exact) mass is 283 g/mol. The molecule has 0 radical (unpaired) electrons. The number of nitrogens with one attached hydrogen (secondary N) is 1. The molecule has 0 aliphatic rings. The minimum atomic E-state index is 0.0122. The molecule has 0 saturated carbocycles. The lowest BCUT2D eigenvalue weighted by molar-refractivity contribution is 0.727. The van der Waals surface area contributed by atoms with Crippen molar-refractivity contribution in [2.24, 2.45) is 0 Å². The highest BCUT2D eigenvalue weighted by Gasteiger charge is 2.02. The maximum Gasteiger partial charge on any atom is 0.250 e. The Hall–Kier alpha value is -2.63. The van der Waals surface area contributed by atoms with Crippen molar-refractivity contribution in [3.8, 4) is 0 Å². The summed E-state index contributed by atoms with van der Waals surface area (Å²) < 4.78 is 3.44. The van der Waals surface area contributed by atoms with E-state index in [1.807, 2.05) is 38.5 Å². The fourth-order valence-corrected chi connectivity index (χ4v) is 2.21. The van der Waals surface area contributed by atoms with Crippen LogP contribution in [0.4, 0.5) is 5.69 Å². The Balaban J connectivity index is 1.78. The van der Waals surface area contributed by atoms with Gasteiger partial charge in [0.15, 0.2) is 5.65 Å². The number of fused-ring (bicyclic) bond motifs is 1. The van der Waals surface area contributed by atoms with Gasteiger partial charge in [-0.05, 0) is 19.9 Å². The molecule has 0 atom stereocenters. The van der Waals surface area contributed by atoms with Crippen molar-refractivity contribution in [2.75, 3.05) is 5.32 Å². The van der Waals surface area contributed by atoms with Crippen LogP contribution in [0.5, 0.6) is 0 Å². The second-order valence-corrected chi connectivity index (χ2v) is 4.95. The van der Waals surface area contributed by atoms with E-state index in [1.165, 1.54) is 0 Å². The summed E-state index contributed by atoms with van der Waals surface area (Å²) in [6.07, 6.45) is 5.61. The molecule has 0 aliphatic carbocycles. The largest absolute Gasteiger partial charge is 0.380 e. The molecular formula is C15H17N5O. The smallest absolute Gasteiger partial charge is 0.250 e. The molecule has 0 saturated heterocycles. The summed E-state index contributed by atoms with van der Waals surface area (Å²) in [6, 6.07) is 5.30. The Bertz CT molecular complexity index is 833. The Labute approximate surface area is 122 Å². The highest BCUT2D eigenvalue weighted by atomic mass is 16.1. The lowest BCUT2D eigenvalue weighted by atomic mass is 10.3. The zero-order valence-electron chi connectivity index (χ0n) is 12.1. The van der Waals surface area contributed by atoms with Crippen molar-refractivity contribution in [3.63, 3.8) is 0 Å². The number of anilines is 1. The normalized spacial score (nSPS) is 11.0. The van der Waals surface area contributed by atoms with Crippen LogP contribution in [-0.2, 0) is 13.1 Å². The number of pyridine rings is 1. The van der Waals surface area contributed by atoms with Crippen LogP contribution in [-0.4, -0.2) is 19.2 Å². The van der Waals surface area contributed by atoms with E-state index in [0.717, 1.165) is 22.6 Å². The number of hydrogen-bond acceptors (Lipinski definition) is 4. The van der Waals surface area contributed by atoms with Gasteiger partial charge in [0.1, 0.15) is 0 Å². The molecule has 3 aromatic rings. The second-order valence-electron chi connectivity index (χ2n) is 4.95. The summed E-state index contributed by atoms with van der Waals surface area (Å²) in [4.78, 5) is 15.9. The highest BCUT2D eigenvalue weighted by molar-refractivity contribution is 5.42. The minimum Gasteiger partial charge on any atom is -0.380 e. The summed E-state index contributed by atoms with van der Waals surface area (Å²) in [7, 11) is 0. The molecule has 3 rings (SSSR count). The average molecular weight is 283 g/mol. The van der Waals surface area contributed by atoms with E-state index in [9.17, 15) is 4.79 Å². The van der Waals surface area contributed by atoms with Gasteiger partial charge in [0, 0.05) is 49.4 Å². The fraction of sp³-hybridized carbons (Fsp3) is 0.267. The third kappa shape index (κ3) is 2.79. The first-order chi connectivity index (χ1) is 10.2. The molecule has 1 N–H and O–H groups in total. The molecule has 3 aromatic heterocycles. The summed E-state index contributed by atoms with van der Waals surface area (Å²) in [5.41, 5.74) is 3.74. The summed E-state index contributed by atoms with van der Waals surface area (Å²) >= 11 is 0. The summed E-state index contributed by atoms with van der Waals surface area (Å²) in [5.74, 6) is 0. The van der Waals surface area contributed by atoms with Crippen molar-refractivity contribution in [1.82, 2.24) is 19.2 Å². The van der Waals surface area contributed by atoms with Crippen LogP contribution in [0.3, 0.4) is 0 Å². The first-order valence-corrected chi connectivity index (χ1v) is 6.91. The van der Waals surface area contributed by atoms with E-state index in [2.05, 4.69) is 15.4 Å². The third-order valence-corrected chi connectivity index (χ3v) is 3.31. The van der Waals surface area contributed by atoms with E-state index in [4.69, 9.17) is 0 Å². The van der Waals surface area contributed by atoms with Gasteiger partial charge in [-0.3, -0.25) is 4.79 Å². The van der Waals surface area contributed by atoms with E-state index in [-0.39, 0.29) is 5.56 Å². The van der Waals surface area contributed by atoms with Crippen LogP contribution in [0.25, 0.3) is 5.65 Å². The summed E-state index contributed by atoms with van der Waals surface area (Å²) in [5, 5.41) is 7.64. The van der Waals surface area contributed by atoms with Gasteiger partial charge < -0.3 is 9.88 Å².